The smallest absolute Gasteiger partial charge is 0.267 e. The van der Waals surface area contributed by atoms with E-state index in [-0.39, 0.29) is 11.4 Å². The lowest BCUT2D eigenvalue weighted by Gasteiger charge is -2.12. The van der Waals surface area contributed by atoms with Crippen molar-refractivity contribution >= 4 is 29.4 Å². The van der Waals surface area contributed by atoms with Gasteiger partial charge in [-0.25, -0.2) is 0 Å². The number of nitriles is 1. The van der Waals surface area contributed by atoms with Gasteiger partial charge in [0.15, 0.2) is 17.3 Å². The van der Waals surface area contributed by atoms with Crippen LogP contribution in [0, 0.1) is 18.3 Å². The van der Waals surface area contributed by atoms with Crippen molar-refractivity contribution in [3.63, 3.8) is 0 Å². The number of methoxy groups -OCH3 is 1. The fraction of sp³-hybridized carbons (Fsp3) is 0.208. The number of amides is 1. The third-order valence-electron chi connectivity index (χ3n) is 4.36. The number of hydrogen-bond donors (Lipinski definition) is 1. The Morgan fingerprint density at radius 3 is 2.58 bits per heavy atom. The van der Waals surface area contributed by atoms with E-state index in [1.165, 1.54) is 13.2 Å². The van der Waals surface area contributed by atoms with Crippen molar-refractivity contribution < 1.29 is 23.5 Å². The number of halogens is 1. The van der Waals surface area contributed by atoms with E-state index in [1.807, 2.05) is 6.07 Å². The van der Waals surface area contributed by atoms with Crippen molar-refractivity contribution in [3.05, 3.63) is 70.5 Å². The van der Waals surface area contributed by atoms with Crippen LogP contribution >= 0.6 is 11.6 Å². The van der Waals surface area contributed by atoms with Gasteiger partial charge < -0.3 is 24.1 Å². The van der Waals surface area contributed by atoms with E-state index in [2.05, 4.69) is 10.5 Å². The zero-order valence-corrected chi connectivity index (χ0v) is 18.9. The highest BCUT2D eigenvalue weighted by atomic mass is 35.5. The lowest BCUT2D eigenvalue weighted by Crippen LogP contribution is -2.13. The van der Waals surface area contributed by atoms with Crippen LogP contribution in [-0.2, 0) is 4.79 Å². The topological polar surface area (TPSA) is 107 Å². The summed E-state index contributed by atoms with van der Waals surface area (Å²) in [4.78, 5) is 12.3. The van der Waals surface area contributed by atoms with Crippen LogP contribution in [0.15, 0.2) is 58.6 Å². The van der Waals surface area contributed by atoms with Crippen LogP contribution in [0.3, 0.4) is 0 Å². The number of carbonyl (C=O) groups is 1. The summed E-state index contributed by atoms with van der Waals surface area (Å²) < 4.78 is 21.7. The molecule has 1 heterocycles. The molecule has 9 heteroatoms. The van der Waals surface area contributed by atoms with E-state index < -0.39 is 5.91 Å². The minimum atomic E-state index is -0.592. The summed E-state index contributed by atoms with van der Waals surface area (Å²) in [6, 6.07) is 15.7. The molecule has 0 radical (unpaired) electrons. The van der Waals surface area contributed by atoms with Gasteiger partial charge in [0.25, 0.3) is 5.91 Å². The number of benzene rings is 2. The van der Waals surface area contributed by atoms with Crippen LogP contribution in [0.4, 0.5) is 5.82 Å². The summed E-state index contributed by atoms with van der Waals surface area (Å²) >= 11 is 5.86. The summed E-state index contributed by atoms with van der Waals surface area (Å²) in [6.45, 7) is 2.60. The Kier molecular flexibility index (Phi) is 8.33. The number of nitrogens with zero attached hydrogens (tertiary/aromatic N) is 2. The summed E-state index contributed by atoms with van der Waals surface area (Å²) in [6.07, 6.45) is 2.11. The number of carbonyl (C=O) groups excluding carboxylic acids is 1. The van der Waals surface area contributed by atoms with Crippen LogP contribution in [0.1, 0.15) is 17.7 Å². The highest BCUT2D eigenvalue weighted by Gasteiger charge is 2.13. The maximum atomic E-state index is 12.3. The zero-order valence-electron chi connectivity index (χ0n) is 18.1. The van der Waals surface area contributed by atoms with Crippen LogP contribution in [0.2, 0.25) is 5.02 Å². The van der Waals surface area contributed by atoms with Crippen LogP contribution in [-0.4, -0.2) is 31.4 Å². The van der Waals surface area contributed by atoms with E-state index in [9.17, 15) is 10.1 Å². The Morgan fingerprint density at radius 2 is 1.91 bits per heavy atom. The largest absolute Gasteiger partial charge is 0.493 e. The molecule has 0 bridgehead atoms. The maximum Gasteiger partial charge on any atom is 0.267 e. The molecule has 3 rings (SSSR count). The monoisotopic (exact) mass is 467 g/mol. The van der Waals surface area contributed by atoms with Crippen molar-refractivity contribution in [3.8, 4) is 23.3 Å². The Balaban J connectivity index is 1.56. The second-order valence-corrected chi connectivity index (χ2v) is 7.30. The molecule has 1 N–H and O–H groups in total. The van der Waals surface area contributed by atoms with Crippen molar-refractivity contribution in [2.24, 2.45) is 0 Å². The summed E-state index contributed by atoms with van der Waals surface area (Å²) in [5.74, 6) is 1.95. The highest BCUT2D eigenvalue weighted by Crippen LogP contribution is 2.29. The van der Waals surface area contributed by atoms with Gasteiger partial charge in [-0.2, -0.15) is 5.26 Å². The molecule has 2 aromatic carbocycles. The van der Waals surface area contributed by atoms with Crippen LogP contribution in [0.5, 0.6) is 17.2 Å². The van der Waals surface area contributed by atoms with Gasteiger partial charge in [0, 0.05) is 17.5 Å². The highest BCUT2D eigenvalue weighted by molar-refractivity contribution is 6.30. The standard InChI is InChI=1S/C24H22ClN3O5/c1-16-12-23(28-33-16)27-24(29)18(15-26)13-17-4-9-21(22(14-17)30-2)32-11-3-10-31-20-7-5-19(25)6-8-20/h4-9,12-14H,3,10-11H2,1-2H3,(H,27,28,29). The second kappa shape index (κ2) is 11.6. The van der Waals surface area contributed by atoms with Gasteiger partial charge in [0.2, 0.25) is 0 Å². The molecular weight excluding hydrogens is 446 g/mol. The molecule has 0 saturated carbocycles. The number of aryl methyl sites for hydroxylation is 1. The van der Waals surface area contributed by atoms with E-state index >= 15 is 0 Å². The Hall–Kier alpha value is -3.96. The van der Waals surface area contributed by atoms with E-state index in [4.69, 9.17) is 30.3 Å². The molecule has 0 unspecified atom stereocenters. The first-order valence-electron chi connectivity index (χ1n) is 10.0. The van der Waals surface area contributed by atoms with Gasteiger partial charge in [-0.1, -0.05) is 22.8 Å². The van der Waals surface area contributed by atoms with Gasteiger partial charge in [-0.05, 0) is 55.0 Å². The van der Waals surface area contributed by atoms with Crippen molar-refractivity contribution in [2.45, 2.75) is 13.3 Å². The normalized spacial score (nSPS) is 10.9. The average molecular weight is 468 g/mol. The number of rotatable bonds is 10. The first kappa shape index (κ1) is 23.7. The molecule has 0 aliphatic rings. The predicted molar refractivity (Wildman–Crippen MR) is 124 cm³/mol. The first-order chi connectivity index (χ1) is 16.0. The number of anilines is 1. The van der Waals surface area contributed by atoms with Gasteiger partial charge in [-0.15, -0.1) is 0 Å². The lowest BCUT2D eigenvalue weighted by atomic mass is 10.1. The van der Waals surface area contributed by atoms with Crippen molar-refractivity contribution in [2.75, 3.05) is 25.6 Å². The van der Waals surface area contributed by atoms with Crippen molar-refractivity contribution in [1.82, 2.24) is 5.16 Å². The molecule has 33 heavy (non-hydrogen) atoms. The van der Waals surface area contributed by atoms with E-state index in [0.29, 0.717) is 47.5 Å². The van der Waals surface area contributed by atoms with Gasteiger partial charge >= 0.3 is 0 Å². The SMILES string of the molecule is COc1cc(C=C(C#N)C(=O)Nc2cc(C)on2)ccc1OCCCOc1ccc(Cl)cc1. The number of ether oxygens (including phenoxy) is 3. The molecule has 0 saturated heterocycles. The quantitative estimate of drug-likeness (QED) is 0.253. The number of aromatic nitrogens is 1. The Morgan fingerprint density at radius 1 is 1.15 bits per heavy atom. The predicted octanol–water partition coefficient (Wildman–Crippen LogP) is 5.04. The summed E-state index contributed by atoms with van der Waals surface area (Å²) in [5.41, 5.74) is 0.513. The Bertz CT molecular complexity index is 1170. The number of nitrogens with one attached hydrogen (secondary N) is 1. The zero-order chi connectivity index (χ0) is 23.6. The molecule has 0 atom stereocenters. The summed E-state index contributed by atoms with van der Waals surface area (Å²) in [5, 5.41) is 16.2. The molecule has 170 valence electrons. The molecule has 1 aromatic heterocycles. The van der Waals surface area contributed by atoms with Crippen LogP contribution in [0.25, 0.3) is 6.08 Å². The Labute approximate surface area is 196 Å². The summed E-state index contributed by atoms with van der Waals surface area (Å²) in [7, 11) is 1.52. The third kappa shape index (κ3) is 7.02. The number of hydrogen-bond acceptors (Lipinski definition) is 7. The first-order valence-corrected chi connectivity index (χ1v) is 10.4. The maximum absolute atomic E-state index is 12.3. The second-order valence-electron chi connectivity index (χ2n) is 6.86. The van der Waals surface area contributed by atoms with E-state index in [0.717, 1.165) is 5.75 Å². The van der Waals surface area contributed by atoms with Crippen LogP contribution < -0.4 is 19.5 Å². The molecule has 0 aliphatic carbocycles. The average Bonchev–Trinajstić information content (AvgIpc) is 3.23. The minimum Gasteiger partial charge on any atom is -0.493 e. The minimum absolute atomic E-state index is 0.0919. The molecular formula is C24H22ClN3O5. The van der Waals surface area contributed by atoms with Crippen molar-refractivity contribution in [1.29, 1.82) is 5.26 Å². The third-order valence-corrected chi connectivity index (χ3v) is 4.61. The molecule has 0 aliphatic heterocycles. The van der Waals surface area contributed by atoms with Gasteiger partial charge in [-0.3, -0.25) is 4.79 Å². The molecule has 3 aromatic rings. The lowest BCUT2D eigenvalue weighted by molar-refractivity contribution is -0.112. The van der Waals surface area contributed by atoms with Gasteiger partial charge in [0.1, 0.15) is 23.2 Å². The fourth-order valence-corrected chi connectivity index (χ4v) is 2.91. The van der Waals surface area contributed by atoms with Gasteiger partial charge in [0.05, 0.1) is 20.3 Å². The van der Waals surface area contributed by atoms with E-state index in [1.54, 1.807) is 55.5 Å². The molecule has 0 fully saturated rings. The fourth-order valence-electron chi connectivity index (χ4n) is 2.78. The molecule has 8 nitrogen and oxygen atoms in total. The molecule has 1 amide bonds. The molecule has 0 spiro atoms.